The molecule has 1 heterocycles. The van der Waals surface area contributed by atoms with E-state index in [9.17, 15) is 29.3 Å². The molecular formula is C23H18Br2ClN3O6. The lowest BCUT2D eigenvalue weighted by atomic mass is 9.81. The lowest BCUT2D eigenvalue weighted by Crippen LogP contribution is -2.52. The van der Waals surface area contributed by atoms with Crippen molar-refractivity contribution in [3.8, 4) is 0 Å². The molecule has 0 bridgehead atoms. The lowest BCUT2D eigenvalue weighted by molar-refractivity contribution is -0.384. The molecule has 4 rings (SSSR count). The van der Waals surface area contributed by atoms with Gasteiger partial charge in [0.25, 0.3) is 23.4 Å². The SMILES string of the molecule is O=C(CN(C(=O)c1ccc(Cl)cc1)N1C(=O)[C@@H]2C[C@@H](Br)[C@@H](Br)C[C@H]2C1=O)c1ccc([N+](=O)[O-])cc1. The highest BCUT2D eigenvalue weighted by molar-refractivity contribution is 9.12. The van der Waals surface area contributed by atoms with Crippen LogP contribution >= 0.6 is 43.5 Å². The van der Waals surface area contributed by atoms with Gasteiger partial charge in [-0.15, -0.1) is 0 Å². The summed E-state index contributed by atoms with van der Waals surface area (Å²) >= 11 is 13.0. The van der Waals surface area contributed by atoms with E-state index < -0.39 is 46.8 Å². The summed E-state index contributed by atoms with van der Waals surface area (Å²) in [5, 5.41) is 13.0. The van der Waals surface area contributed by atoms with Crippen LogP contribution in [0, 0.1) is 22.0 Å². The molecule has 2 fully saturated rings. The topological polar surface area (TPSA) is 118 Å². The second kappa shape index (κ2) is 10.2. The number of fused-ring (bicyclic) bond motifs is 1. The number of ketones is 1. The molecule has 3 amide bonds. The summed E-state index contributed by atoms with van der Waals surface area (Å²) in [5.74, 6) is -3.62. The first-order valence-electron chi connectivity index (χ1n) is 10.6. The maximum atomic E-state index is 13.5. The second-order valence-electron chi connectivity index (χ2n) is 8.30. The van der Waals surface area contributed by atoms with E-state index in [1.165, 1.54) is 48.5 Å². The third-order valence-electron chi connectivity index (χ3n) is 6.15. The predicted octanol–water partition coefficient (Wildman–Crippen LogP) is 4.41. The van der Waals surface area contributed by atoms with Crippen LogP contribution in [0.15, 0.2) is 48.5 Å². The van der Waals surface area contributed by atoms with Gasteiger partial charge in [0.2, 0.25) is 0 Å². The van der Waals surface area contributed by atoms with E-state index in [-0.39, 0.29) is 26.5 Å². The Morgan fingerprint density at radius 3 is 1.91 bits per heavy atom. The first-order valence-corrected chi connectivity index (χ1v) is 12.8. The molecule has 1 saturated carbocycles. The predicted molar refractivity (Wildman–Crippen MR) is 133 cm³/mol. The van der Waals surface area contributed by atoms with Gasteiger partial charge in [-0.05, 0) is 49.2 Å². The summed E-state index contributed by atoms with van der Waals surface area (Å²) < 4.78 is 0. The van der Waals surface area contributed by atoms with Crippen molar-refractivity contribution in [2.24, 2.45) is 11.8 Å². The summed E-state index contributed by atoms with van der Waals surface area (Å²) in [5.41, 5.74) is 0.0402. The first kappa shape index (κ1) is 25.5. The van der Waals surface area contributed by atoms with Crippen LogP contribution in [0.1, 0.15) is 33.6 Å². The van der Waals surface area contributed by atoms with Gasteiger partial charge in [0.15, 0.2) is 5.78 Å². The van der Waals surface area contributed by atoms with Gasteiger partial charge in [-0.25, -0.2) is 5.01 Å². The molecule has 1 saturated heterocycles. The van der Waals surface area contributed by atoms with Crippen LogP contribution in [-0.2, 0) is 9.59 Å². The first-order chi connectivity index (χ1) is 16.6. The summed E-state index contributed by atoms with van der Waals surface area (Å²) in [6.45, 7) is -0.605. The van der Waals surface area contributed by atoms with Crippen LogP contribution in [0.25, 0.3) is 0 Å². The molecule has 2 aliphatic rings. The van der Waals surface area contributed by atoms with E-state index >= 15 is 0 Å². The Bertz CT molecular complexity index is 1180. The number of Topliss-reactive ketones (excluding diaryl/α,β-unsaturated/α-hetero) is 1. The highest BCUT2D eigenvalue weighted by atomic mass is 79.9. The number of carbonyl (C=O) groups is 4. The van der Waals surface area contributed by atoms with E-state index in [0.29, 0.717) is 17.9 Å². The zero-order chi connectivity index (χ0) is 25.4. The molecule has 0 unspecified atom stereocenters. The number of hydrogen-bond donors (Lipinski definition) is 0. The van der Waals surface area contributed by atoms with Gasteiger partial charge in [0.05, 0.1) is 16.8 Å². The van der Waals surface area contributed by atoms with Gasteiger partial charge in [-0.2, -0.15) is 5.01 Å². The Morgan fingerprint density at radius 1 is 0.943 bits per heavy atom. The Morgan fingerprint density at radius 2 is 1.43 bits per heavy atom. The molecule has 182 valence electrons. The zero-order valence-corrected chi connectivity index (χ0v) is 21.9. The van der Waals surface area contributed by atoms with Gasteiger partial charge in [0, 0.05) is 37.9 Å². The number of halogens is 3. The van der Waals surface area contributed by atoms with Gasteiger partial charge in [-0.1, -0.05) is 43.5 Å². The molecule has 2 aromatic rings. The average molecular weight is 628 g/mol. The number of nitro groups is 1. The number of amides is 3. The van der Waals surface area contributed by atoms with Crippen molar-refractivity contribution in [3.63, 3.8) is 0 Å². The van der Waals surface area contributed by atoms with Crippen molar-refractivity contribution in [2.75, 3.05) is 6.54 Å². The maximum absolute atomic E-state index is 13.5. The highest BCUT2D eigenvalue weighted by Crippen LogP contribution is 2.43. The molecule has 9 nitrogen and oxygen atoms in total. The van der Waals surface area contributed by atoms with E-state index in [4.69, 9.17) is 11.6 Å². The standard InChI is InChI=1S/C23H18Br2ClN3O6/c24-18-9-16-17(10-19(18)25)23(33)28(22(16)32)27(21(31)13-1-5-14(26)6-2-13)11-20(30)12-3-7-15(8-4-12)29(34)35/h1-8,16-19H,9-11H2/t16-,17-,18-,19+/m1/s1. The maximum Gasteiger partial charge on any atom is 0.273 e. The molecule has 12 heteroatoms. The number of benzene rings is 2. The third kappa shape index (κ3) is 5.03. The molecule has 35 heavy (non-hydrogen) atoms. The molecular weight excluding hydrogens is 610 g/mol. The monoisotopic (exact) mass is 625 g/mol. The molecule has 4 atom stereocenters. The van der Waals surface area contributed by atoms with E-state index in [2.05, 4.69) is 31.9 Å². The Kier molecular flexibility index (Phi) is 7.39. The summed E-state index contributed by atoms with van der Waals surface area (Å²) in [6.07, 6.45) is 0.807. The molecule has 1 aliphatic carbocycles. The minimum Gasteiger partial charge on any atom is -0.292 e. The number of rotatable bonds is 6. The van der Waals surface area contributed by atoms with Crippen molar-refractivity contribution in [2.45, 2.75) is 22.5 Å². The van der Waals surface area contributed by atoms with Crippen LogP contribution in [0.3, 0.4) is 0 Å². The normalized spacial score (nSPS) is 23.7. The number of nitro benzene ring substituents is 1. The van der Waals surface area contributed by atoms with Gasteiger partial charge in [-0.3, -0.25) is 29.3 Å². The molecule has 0 radical (unpaired) electrons. The van der Waals surface area contributed by atoms with E-state index in [0.717, 1.165) is 10.0 Å². The fourth-order valence-electron chi connectivity index (χ4n) is 4.29. The van der Waals surface area contributed by atoms with Crippen LogP contribution in [0.2, 0.25) is 5.02 Å². The molecule has 0 spiro atoms. The zero-order valence-electron chi connectivity index (χ0n) is 18.0. The summed E-state index contributed by atoms with van der Waals surface area (Å²) in [7, 11) is 0. The summed E-state index contributed by atoms with van der Waals surface area (Å²) in [6, 6.07) is 10.7. The number of hydrogen-bond acceptors (Lipinski definition) is 6. The number of imide groups is 1. The lowest BCUT2D eigenvalue weighted by Gasteiger charge is -2.30. The number of alkyl halides is 2. The smallest absolute Gasteiger partial charge is 0.273 e. The average Bonchev–Trinajstić information content (AvgIpc) is 3.07. The quantitative estimate of drug-likeness (QED) is 0.154. The molecule has 1 aliphatic heterocycles. The fourth-order valence-corrected chi connectivity index (χ4v) is 5.65. The largest absolute Gasteiger partial charge is 0.292 e. The van der Waals surface area contributed by atoms with Crippen molar-refractivity contribution >= 4 is 72.7 Å². The van der Waals surface area contributed by atoms with Gasteiger partial charge in [0.1, 0.15) is 6.54 Å². The Hall–Kier alpha value is -2.63. The molecule has 0 aromatic heterocycles. The fraction of sp³-hybridized carbons (Fsp3) is 0.304. The number of carbonyl (C=O) groups excluding carboxylic acids is 4. The van der Waals surface area contributed by atoms with E-state index in [1.54, 1.807) is 0 Å². The van der Waals surface area contributed by atoms with Crippen LogP contribution in [-0.4, -0.2) is 54.6 Å². The van der Waals surface area contributed by atoms with Gasteiger partial charge < -0.3 is 0 Å². The minimum absolute atomic E-state index is 0.0254. The van der Waals surface area contributed by atoms with Crippen LogP contribution < -0.4 is 0 Å². The van der Waals surface area contributed by atoms with Crippen molar-refractivity contribution in [1.82, 2.24) is 10.0 Å². The van der Waals surface area contributed by atoms with Crippen LogP contribution in [0.5, 0.6) is 0 Å². The Labute approximate surface area is 221 Å². The van der Waals surface area contributed by atoms with E-state index in [1.807, 2.05) is 0 Å². The summed E-state index contributed by atoms with van der Waals surface area (Å²) in [4.78, 5) is 63.5. The second-order valence-corrected chi connectivity index (χ2v) is 11.1. The number of nitrogens with zero attached hydrogens (tertiary/aromatic N) is 3. The molecule has 0 N–H and O–H groups in total. The van der Waals surface area contributed by atoms with Crippen LogP contribution in [0.4, 0.5) is 5.69 Å². The Balaban J connectivity index is 1.67. The van der Waals surface area contributed by atoms with Crippen molar-refractivity contribution in [1.29, 1.82) is 0 Å². The van der Waals surface area contributed by atoms with Gasteiger partial charge >= 0.3 is 0 Å². The minimum atomic E-state index is -0.719. The molecule has 2 aromatic carbocycles. The highest BCUT2D eigenvalue weighted by Gasteiger charge is 2.54. The number of non-ortho nitro benzene ring substituents is 1. The van der Waals surface area contributed by atoms with Crippen molar-refractivity contribution < 1.29 is 24.1 Å². The third-order valence-corrected chi connectivity index (χ3v) is 9.13. The number of hydrazine groups is 1. The van der Waals surface area contributed by atoms with Crippen molar-refractivity contribution in [3.05, 3.63) is 74.8 Å².